The number of Topliss-reactive ketones (excluding diaryl/α,β-unsaturated/α-hetero) is 1. The highest BCUT2D eigenvalue weighted by Gasteiger charge is 2.30. The minimum absolute atomic E-state index is 0.0153. The van der Waals surface area contributed by atoms with Crippen molar-refractivity contribution in [2.45, 2.75) is 137 Å². The van der Waals surface area contributed by atoms with Gasteiger partial charge in [0.15, 0.2) is 12.4 Å². The van der Waals surface area contributed by atoms with Gasteiger partial charge in [-0.2, -0.15) is 0 Å². The number of hydrogen-bond acceptors (Lipinski definition) is 21. The molecule has 498 valence electrons. The molecule has 25 nitrogen and oxygen atoms in total. The maximum Gasteiger partial charge on any atom is 0.407 e. The first kappa shape index (κ1) is 78.4. The maximum absolute atomic E-state index is 13.8. The second-order valence-electron chi connectivity index (χ2n) is 23.7. The van der Waals surface area contributed by atoms with Crippen molar-refractivity contribution in [3.05, 3.63) is 41.7 Å². The summed E-state index contributed by atoms with van der Waals surface area (Å²) in [6.45, 7) is 32.1. The van der Waals surface area contributed by atoms with Crippen molar-refractivity contribution < 1.29 is 76.2 Å². The van der Waals surface area contributed by atoms with Crippen molar-refractivity contribution in [2.24, 2.45) is 28.1 Å². The van der Waals surface area contributed by atoms with Gasteiger partial charge in [-0.15, -0.1) is 28.6 Å². The summed E-state index contributed by atoms with van der Waals surface area (Å²) in [5.74, 6) is -1.07. The van der Waals surface area contributed by atoms with Crippen molar-refractivity contribution in [1.29, 1.82) is 0 Å². The summed E-state index contributed by atoms with van der Waals surface area (Å²) in [6.07, 6.45) is 2.50. The number of ketones is 1. The molecule has 1 heterocycles. The van der Waals surface area contributed by atoms with E-state index < -0.39 is 35.9 Å². The Hall–Kier alpha value is -4.68. The first-order valence-electron chi connectivity index (χ1n) is 30.1. The Balaban J connectivity index is 1.59. The minimum atomic E-state index is -0.896. The SMILES string of the molecule is CC(C)[C@H](NC(=O)CON=C(CSC(C)(C)C)CSC(C)(C)C)C(=O)C[C@@H](CCCNC(N)=O)C(=O)Nc1ccc(COC(=O)NCc2cn(CCOCCOCCOCCOCCOCCOCCOCCOCCOCCC(C)(C)C)nn2)cc1. The van der Waals surface area contributed by atoms with Crippen LogP contribution in [0.3, 0.4) is 0 Å². The van der Waals surface area contributed by atoms with Crippen LogP contribution in [0, 0.1) is 17.3 Å². The molecule has 0 fully saturated rings. The van der Waals surface area contributed by atoms with E-state index in [1.54, 1.807) is 58.7 Å². The third-order valence-electron chi connectivity index (χ3n) is 11.9. The van der Waals surface area contributed by atoms with Gasteiger partial charge in [0.1, 0.15) is 12.3 Å². The Kier molecular flexibility index (Phi) is 41.8. The summed E-state index contributed by atoms with van der Waals surface area (Å²) in [5.41, 5.74) is 7.98. The normalized spacial score (nSPS) is 12.6. The van der Waals surface area contributed by atoms with Gasteiger partial charge < -0.3 is 79.2 Å². The van der Waals surface area contributed by atoms with Crippen LogP contribution in [0.15, 0.2) is 35.6 Å². The number of hydrogen-bond donors (Lipinski definition) is 5. The first-order valence-corrected chi connectivity index (χ1v) is 32.1. The molecule has 2 rings (SSSR count). The van der Waals surface area contributed by atoms with Crippen LogP contribution in [-0.2, 0) is 86.3 Å². The van der Waals surface area contributed by atoms with Gasteiger partial charge >= 0.3 is 12.1 Å². The lowest BCUT2D eigenvalue weighted by Crippen LogP contribution is -2.46. The third kappa shape index (κ3) is 45.3. The smallest absolute Gasteiger partial charge is 0.407 e. The van der Waals surface area contributed by atoms with Crippen LogP contribution in [0.1, 0.15) is 113 Å². The lowest BCUT2D eigenvalue weighted by molar-refractivity contribution is -0.133. The number of primary amides is 1. The lowest BCUT2D eigenvalue weighted by atomic mass is 9.89. The van der Waals surface area contributed by atoms with E-state index in [-0.39, 0.29) is 65.8 Å². The van der Waals surface area contributed by atoms with Crippen LogP contribution < -0.4 is 27.0 Å². The van der Waals surface area contributed by atoms with Crippen LogP contribution in [0.5, 0.6) is 0 Å². The molecule has 0 saturated heterocycles. The number of urea groups is 1. The molecule has 87 heavy (non-hydrogen) atoms. The number of nitrogens with zero attached hydrogens (tertiary/aromatic N) is 4. The largest absolute Gasteiger partial charge is 0.445 e. The summed E-state index contributed by atoms with van der Waals surface area (Å²) in [4.78, 5) is 70.0. The van der Waals surface area contributed by atoms with E-state index in [4.69, 9.17) is 57.9 Å². The summed E-state index contributed by atoms with van der Waals surface area (Å²) in [6, 6.07) is 5.12. The van der Waals surface area contributed by atoms with Crippen molar-refractivity contribution in [3.63, 3.8) is 0 Å². The third-order valence-corrected chi connectivity index (χ3v) is 14.6. The number of carbonyl (C=O) groups excluding carboxylic acids is 5. The van der Waals surface area contributed by atoms with Crippen LogP contribution in [-0.4, -0.2) is 210 Å². The molecular weight excluding hydrogens is 1170 g/mol. The molecule has 6 N–H and O–H groups in total. The molecule has 0 aliphatic carbocycles. The Morgan fingerprint density at radius 1 is 0.655 bits per heavy atom. The molecule has 0 unspecified atom stereocenters. The number of amides is 5. The van der Waals surface area contributed by atoms with Crippen LogP contribution in [0.4, 0.5) is 15.3 Å². The lowest BCUT2D eigenvalue weighted by Gasteiger charge is -2.24. The molecule has 2 atom stereocenters. The van der Waals surface area contributed by atoms with Crippen molar-refractivity contribution in [3.8, 4) is 0 Å². The Morgan fingerprint density at radius 2 is 1.14 bits per heavy atom. The van der Waals surface area contributed by atoms with Gasteiger partial charge in [0, 0.05) is 52.2 Å². The monoisotopic (exact) mass is 1270 g/mol. The van der Waals surface area contributed by atoms with E-state index in [9.17, 15) is 24.0 Å². The molecule has 1 aromatic carbocycles. The summed E-state index contributed by atoms with van der Waals surface area (Å²) >= 11 is 3.47. The highest BCUT2D eigenvalue weighted by molar-refractivity contribution is 8.02. The highest BCUT2D eigenvalue weighted by Crippen LogP contribution is 2.27. The fourth-order valence-corrected chi connectivity index (χ4v) is 8.82. The number of alkyl carbamates (subject to hydrolysis) is 1. The highest BCUT2D eigenvalue weighted by atomic mass is 32.2. The molecule has 0 bridgehead atoms. The number of benzene rings is 1. The van der Waals surface area contributed by atoms with Crippen LogP contribution in [0.25, 0.3) is 0 Å². The Labute approximate surface area is 525 Å². The van der Waals surface area contributed by atoms with E-state index in [0.717, 1.165) is 18.7 Å². The van der Waals surface area contributed by atoms with E-state index in [1.807, 2.05) is 13.8 Å². The standard InChI is InChI=1S/C60H105N9O16S2/c1-46(2)54(65-53(71)43-85-67-51(44-86-59(6,7)8)45-87-60(9,10)11)52(70)39-48(13-12-19-62-56(61)73)55(72)64-49-16-14-47(15-17-49)42-84-57(74)63-40-50-41-69(68-66-50)20-22-76-24-26-78-28-30-80-32-34-82-36-38-83-37-35-81-33-31-79-29-27-77-25-23-75-21-18-58(3,4)5/h14-17,41,46,48,54H,12-13,18-40,42-45H2,1-11H3,(H,63,74)(H,64,72)(H,65,71)(H3,61,62,73)/t48-,54+/m1/s1. The predicted molar refractivity (Wildman–Crippen MR) is 338 cm³/mol. The number of anilines is 1. The van der Waals surface area contributed by atoms with E-state index >= 15 is 0 Å². The van der Waals surface area contributed by atoms with Crippen molar-refractivity contribution in [1.82, 2.24) is 30.9 Å². The summed E-state index contributed by atoms with van der Waals surface area (Å²) < 4.78 is 57.0. The van der Waals surface area contributed by atoms with E-state index in [2.05, 4.69) is 99.0 Å². The number of rotatable bonds is 51. The molecule has 2 aromatic rings. The van der Waals surface area contributed by atoms with Gasteiger partial charge in [-0.25, -0.2) is 14.3 Å². The number of thioether (sulfide) groups is 2. The number of nitrogens with two attached hydrogens (primary N) is 1. The molecule has 5 amide bonds. The van der Waals surface area contributed by atoms with Gasteiger partial charge in [0.25, 0.3) is 5.91 Å². The van der Waals surface area contributed by atoms with Gasteiger partial charge in [0.05, 0.1) is 143 Å². The zero-order valence-electron chi connectivity index (χ0n) is 53.8. The predicted octanol–water partition coefficient (Wildman–Crippen LogP) is 6.83. The molecule has 0 saturated carbocycles. The van der Waals surface area contributed by atoms with Crippen LogP contribution >= 0.6 is 23.5 Å². The zero-order valence-corrected chi connectivity index (χ0v) is 55.5. The number of oxime groups is 1. The zero-order chi connectivity index (χ0) is 64.2. The molecular formula is C60H105N9O16S2. The Bertz CT molecular complexity index is 2190. The fraction of sp³-hybridized carbons (Fsp3) is 0.767. The molecule has 0 aliphatic rings. The minimum Gasteiger partial charge on any atom is -0.445 e. The maximum atomic E-state index is 13.8. The average Bonchev–Trinajstić information content (AvgIpc) is 3.99. The molecule has 27 heteroatoms. The average molecular weight is 1270 g/mol. The topological polar surface area (TPSA) is 304 Å². The summed E-state index contributed by atoms with van der Waals surface area (Å²) in [7, 11) is 0. The molecule has 1 aromatic heterocycles. The molecule has 0 aliphatic heterocycles. The first-order chi connectivity index (χ1) is 41.4. The van der Waals surface area contributed by atoms with Gasteiger partial charge in [-0.05, 0) is 48.3 Å². The van der Waals surface area contributed by atoms with Crippen LogP contribution in [0.2, 0.25) is 0 Å². The second kappa shape index (κ2) is 46.4. The van der Waals surface area contributed by atoms with Gasteiger partial charge in [-0.1, -0.05) is 98.7 Å². The number of nitrogens with one attached hydrogen (secondary N) is 4. The van der Waals surface area contributed by atoms with Crippen molar-refractivity contribution in [2.75, 3.05) is 149 Å². The van der Waals surface area contributed by atoms with Gasteiger partial charge in [0.2, 0.25) is 5.91 Å². The summed E-state index contributed by atoms with van der Waals surface area (Å²) in [5, 5.41) is 23.3. The fourth-order valence-electron chi connectivity index (χ4n) is 7.18. The Morgan fingerprint density at radius 3 is 1.60 bits per heavy atom. The number of aromatic nitrogens is 3. The molecule has 0 spiro atoms. The van der Waals surface area contributed by atoms with E-state index in [1.165, 1.54) is 0 Å². The van der Waals surface area contributed by atoms with Crippen molar-refractivity contribution >= 4 is 64.6 Å². The van der Waals surface area contributed by atoms with Gasteiger partial charge in [-0.3, -0.25) is 14.4 Å². The number of carbonyl (C=O) groups is 5. The molecule has 0 radical (unpaired) electrons. The number of ether oxygens (including phenoxy) is 10. The quantitative estimate of drug-likeness (QED) is 0.0257. The second-order valence-corrected chi connectivity index (χ2v) is 27.3. The van der Waals surface area contributed by atoms with E-state index in [0.29, 0.717) is 154 Å².